The minimum atomic E-state index is 0. The van der Waals surface area contributed by atoms with Crippen LogP contribution in [0.2, 0.25) is 0 Å². The summed E-state index contributed by atoms with van der Waals surface area (Å²) in [5, 5.41) is 0. The molecule has 0 aromatic rings. The van der Waals surface area contributed by atoms with Crippen molar-refractivity contribution in [2.24, 2.45) is 0 Å². The van der Waals surface area contributed by atoms with Gasteiger partial charge in [0, 0.05) is 13.2 Å². The Bertz CT molecular complexity index is 67.7. The minimum absolute atomic E-state index is 0. The molecule has 1 unspecified atom stereocenters. The summed E-state index contributed by atoms with van der Waals surface area (Å²) in [5.41, 5.74) is 0. The summed E-state index contributed by atoms with van der Waals surface area (Å²) in [4.78, 5) is 0. The van der Waals surface area contributed by atoms with Gasteiger partial charge in [0.2, 0.25) is 0 Å². The third-order valence-electron chi connectivity index (χ3n) is 1.53. The Labute approximate surface area is 63.5 Å². The molecule has 0 spiro atoms. The molecule has 1 fully saturated rings. The van der Waals surface area contributed by atoms with Crippen molar-refractivity contribution < 1.29 is 9.47 Å². The van der Waals surface area contributed by atoms with Crippen molar-refractivity contribution in [1.82, 2.24) is 0 Å². The zero-order valence-corrected chi connectivity index (χ0v) is 5.93. The molecule has 1 saturated heterocycles. The van der Waals surface area contributed by atoms with Crippen molar-refractivity contribution in [1.29, 1.82) is 0 Å². The van der Waals surface area contributed by atoms with Crippen molar-refractivity contribution in [3.05, 3.63) is 0 Å². The van der Waals surface area contributed by atoms with E-state index < -0.39 is 0 Å². The van der Waals surface area contributed by atoms with Gasteiger partial charge in [-0.15, -0.1) is 0 Å². The number of hydrogen-bond acceptors (Lipinski definition) is 2. The second kappa shape index (κ2) is 5.69. The van der Waals surface area contributed by atoms with Crippen LogP contribution < -0.4 is 0 Å². The van der Waals surface area contributed by atoms with Crippen molar-refractivity contribution in [3.63, 3.8) is 0 Å². The van der Waals surface area contributed by atoms with Gasteiger partial charge in [0.1, 0.15) is 0 Å². The summed E-state index contributed by atoms with van der Waals surface area (Å²) in [6, 6.07) is 0. The van der Waals surface area contributed by atoms with Gasteiger partial charge >= 0.3 is 0 Å². The van der Waals surface area contributed by atoms with Crippen LogP contribution in [0.3, 0.4) is 0 Å². The van der Waals surface area contributed by atoms with Gasteiger partial charge in [-0.1, -0.05) is 7.43 Å². The largest absolute Gasteiger partial charge is 0.379 e. The highest BCUT2D eigenvalue weighted by Crippen LogP contribution is 2.11. The highest BCUT2D eigenvalue weighted by Gasteiger charge is 2.14. The fourth-order valence-electron chi connectivity index (χ4n) is 1.03. The maximum absolute atomic E-state index is 5.33. The standard InChI is InChI=1S/C7H14O2.CH4/c1-2-8-6-7-4-3-5-9-7;/h7H,2-6H2,1H3;1H4. The van der Waals surface area contributed by atoms with E-state index in [0.717, 1.165) is 19.8 Å². The van der Waals surface area contributed by atoms with Crippen LogP contribution in [0, 0.1) is 0 Å². The molecule has 0 aromatic carbocycles. The topological polar surface area (TPSA) is 18.5 Å². The Morgan fingerprint density at radius 1 is 1.60 bits per heavy atom. The average molecular weight is 146 g/mol. The average Bonchev–Trinajstić information content (AvgIpc) is 2.34. The molecule has 1 rings (SSSR count). The van der Waals surface area contributed by atoms with E-state index >= 15 is 0 Å². The molecule has 0 saturated carbocycles. The predicted molar refractivity (Wildman–Crippen MR) is 42.2 cm³/mol. The van der Waals surface area contributed by atoms with E-state index in [1.54, 1.807) is 0 Å². The van der Waals surface area contributed by atoms with E-state index in [2.05, 4.69) is 0 Å². The highest BCUT2D eigenvalue weighted by atomic mass is 16.5. The molecule has 0 aromatic heterocycles. The molecular weight excluding hydrogens is 128 g/mol. The van der Waals surface area contributed by atoms with Crippen molar-refractivity contribution in [2.75, 3.05) is 19.8 Å². The Kier molecular flexibility index (Phi) is 5.64. The molecule has 0 radical (unpaired) electrons. The molecule has 0 aliphatic carbocycles. The first kappa shape index (κ1) is 9.92. The molecule has 2 heteroatoms. The van der Waals surface area contributed by atoms with Crippen LogP contribution in [0.4, 0.5) is 0 Å². The van der Waals surface area contributed by atoms with Gasteiger partial charge in [-0.3, -0.25) is 0 Å². The molecule has 0 bridgehead atoms. The van der Waals surface area contributed by atoms with Crippen LogP contribution in [0.5, 0.6) is 0 Å². The smallest absolute Gasteiger partial charge is 0.0809 e. The van der Waals surface area contributed by atoms with E-state index in [1.165, 1.54) is 12.8 Å². The lowest BCUT2D eigenvalue weighted by Gasteiger charge is -2.07. The second-order valence-corrected chi connectivity index (χ2v) is 2.29. The lowest BCUT2D eigenvalue weighted by Crippen LogP contribution is -2.13. The monoisotopic (exact) mass is 146 g/mol. The first-order chi connectivity index (χ1) is 4.43. The van der Waals surface area contributed by atoms with E-state index in [0.29, 0.717) is 6.10 Å². The molecule has 0 N–H and O–H groups in total. The van der Waals surface area contributed by atoms with Gasteiger partial charge in [0.15, 0.2) is 0 Å². The molecule has 2 nitrogen and oxygen atoms in total. The van der Waals surface area contributed by atoms with E-state index in [-0.39, 0.29) is 7.43 Å². The summed E-state index contributed by atoms with van der Waals surface area (Å²) in [7, 11) is 0. The molecule has 10 heavy (non-hydrogen) atoms. The maximum atomic E-state index is 5.33. The summed E-state index contributed by atoms with van der Waals surface area (Å²) >= 11 is 0. The summed E-state index contributed by atoms with van der Waals surface area (Å²) < 4.78 is 10.5. The van der Waals surface area contributed by atoms with E-state index in [9.17, 15) is 0 Å². The van der Waals surface area contributed by atoms with Crippen LogP contribution in [0.1, 0.15) is 27.2 Å². The Morgan fingerprint density at radius 3 is 2.90 bits per heavy atom. The molecule has 1 atom stereocenters. The predicted octanol–water partition coefficient (Wildman–Crippen LogP) is 1.84. The van der Waals surface area contributed by atoms with Crippen LogP contribution in [-0.4, -0.2) is 25.9 Å². The van der Waals surface area contributed by atoms with Crippen LogP contribution in [0.25, 0.3) is 0 Å². The lowest BCUT2D eigenvalue weighted by molar-refractivity contribution is 0.0217. The molecule has 1 aliphatic heterocycles. The Morgan fingerprint density at radius 2 is 2.40 bits per heavy atom. The summed E-state index contributed by atoms with van der Waals surface area (Å²) in [6.07, 6.45) is 2.78. The van der Waals surface area contributed by atoms with Crippen LogP contribution in [-0.2, 0) is 9.47 Å². The number of rotatable bonds is 3. The molecular formula is C8H18O2. The fraction of sp³-hybridized carbons (Fsp3) is 1.00. The number of hydrogen-bond donors (Lipinski definition) is 0. The summed E-state index contributed by atoms with van der Waals surface area (Å²) in [5.74, 6) is 0. The molecule has 0 amide bonds. The van der Waals surface area contributed by atoms with Gasteiger partial charge in [-0.25, -0.2) is 0 Å². The molecule has 1 heterocycles. The molecule has 1 aliphatic rings. The van der Waals surface area contributed by atoms with E-state index in [4.69, 9.17) is 9.47 Å². The lowest BCUT2D eigenvalue weighted by atomic mass is 10.2. The Hall–Kier alpha value is -0.0800. The molecule has 62 valence electrons. The van der Waals surface area contributed by atoms with Gasteiger partial charge in [-0.2, -0.15) is 0 Å². The zero-order chi connectivity index (χ0) is 6.53. The fourth-order valence-corrected chi connectivity index (χ4v) is 1.03. The quantitative estimate of drug-likeness (QED) is 0.605. The first-order valence-corrected chi connectivity index (χ1v) is 3.63. The number of ether oxygens (including phenoxy) is 2. The van der Waals surface area contributed by atoms with Crippen molar-refractivity contribution in [3.8, 4) is 0 Å². The second-order valence-electron chi connectivity index (χ2n) is 2.29. The SMILES string of the molecule is C.CCOCC1CCCO1. The third-order valence-corrected chi connectivity index (χ3v) is 1.53. The minimum Gasteiger partial charge on any atom is -0.379 e. The normalized spacial score (nSPS) is 24.3. The van der Waals surface area contributed by atoms with E-state index in [1.807, 2.05) is 6.92 Å². The van der Waals surface area contributed by atoms with Crippen molar-refractivity contribution >= 4 is 0 Å². The first-order valence-electron chi connectivity index (χ1n) is 3.63. The van der Waals surface area contributed by atoms with Gasteiger partial charge in [0.05, 0.1) is 12.7 Å². The van der Waals surface area contributed by atoms with Crippen LogP contribution >= 0.6 is 0 Å². The zero-order valence-electron chi connectivity index (χ0n) is 5.93. The van der Waals surface area contributed by atoms with Crippen LogP contribution in [0.15, 0.2) is 0 Å². The summed E-state index contributed by atoms with van der Waals surface area (Å²) in [6.45, 7) is 4.53. The Balaban J connectivity index is 0.000000810. The van der Waals surface area contributed by atoms with Gasteiger partial charge in [-0.05, 0) is 19.8 Å². The van der Waals surface area contributed by atoms with Crippen molar-refractivity contribution in [2.45, 2.75) is 33.3 Å². The third kappa shape index (κ3) is 3.18. The highest BCUT2D eigenvalue weighted by molar-refractivity contribution is 4.62. The van der Waals surface area contributed by atoms with Gasteiger partial charge < -0.3 is 9.47 Å². The van der Waals surface area contributed by atoms with Gasteiger partial charge in [0.25, 0.3) is 0 Å². The maximum Gasteiger partial charge on any atom is 0.0809 e.